The van der Waals surface area contributed by atoms with Crippen molar-refractivity contribution < 1.29 is 18.0 Å². The average Bonchev–Trinajstić information content (AvgIpc) is 2.51. The van der Waals surface area contributed by atoms with Crippen molar-refractivity contribution in [1.82, 2.24) is 5.32 Å². The zero-order valence-electron chi connectivity index (χ0n) is 11.0. The summed E-state index contributed by atoms with van der Waals surface area (Å²) in [5.74, 6) is -5.29. The maximum atomic E-state index is 13.4. The number of nitrogens with one attached hydrogen (secondary N) is 1. The monoisotopic (exact) mass is 294 g/mol. The Labute approximate surface area is 119 Å². The highest BCUT2D eigenvalue weighted by molar-refractivity contribution is 5.94. The molecule has 0 aliphatic carbocycles. The van der Waals surface area contributed by atoms with Crippen molar-refractivity contribution in [1.29, 1.82) is 0 Å². The van der Waals surface area contributed by atoms with Gasteiger partial charge in [-0.2, -0.15) is 0 Å². The Kier molecular flexibility index (Phi) is 4.59. The minimum atomic E-state index is -1.66. The zero-order valence-corrected chi connectivity index (χ0v) is 11.0. The van der Waals surface area contributed by atoms with Gasteiger partial charge in [0.25, 0.3) is 5.91 Å². The average molecular weight is 294 g/mol. The summed E-state index contributed by atoms with van der Waals surface area (Å²) < 4.78 is 39.3. The highest BCUT2D eigenvalue weighted by Gasteiger charge is 2.18. The summed E-state index contributed by atoms with van der Waals surface area (Å²) in [5.41, 5.74) is 6.65. The van der Waals surface area contributed by atoms with Gasteiger partial charge in [-0.3, -0.25) is 4.79 Å². The number of halogens is 3. The summed E-state index contributed by atoms with van der Waals surface area (Å²) >= 11 is 0. The fourth-order valence-corrected chi connectivity index (χ4v) is 1.77. The molecule has 0 saturated heterocycles. The molecule has 2 aromatic carbocycles. The Bertz CT molecular complexity index is 657. The predicted octanol–water partition coefficient (Wildman–Crippen LogP) is 2.49. The van der Waals surface area contributed by atoms with E-state index in [1.807, 2.05) is 0 Å². The molecule has 3 N–H and O–H groups in total. The molecular formula is C15H13F3N2O. The van der Waals surface area contributed by atoms with E-state index >= 15 is 0 Å². The van der Waals surface area contributed by atoms with Crippen molar-refractivity contribution in [3.63, 3.8) is 0 Å². The number of rotatable bonds is 4. The van der Waals surface area contributed by atoms with Crippen molar-refractivity contribution in [3.8, 4) is 0 Å². The van der Waals surface area contributed by atoms with Crippen LogP contribution in [0.25, 0.3) is 0 Å². The van der Waals surface area contributed by atoms with Gasteiger partial charge in [0.2, 0.25) is 0 Å². The molecule has 0 aliphatic rings. The number of hydrogen-bond donors (Lipinski definition) is 2. The summed E-state index contributed by atoms with van der Waals surface area (Å²) in [5, 5.41) is 2.44. The van der Waals surface area contributed by atoms with Gasteiger partial charge in [-0.15, -0.1) is 0 Å². The molecule has 0 saturated carbocycles. The lowest BCUT2D eigenvalue weighted by atomic mass is 10.1. The van der Waals surface area contributed by atoms with Gasteiger partial charge < -0.3 is 11.1 Å². The minimum absolute atomic E-state index is 0.141. The third-order valence-corrected chi connectivity index (χ3v) is 2.99. The van der Waals surface area contributed by atoms with Gasteiger partial charge >= 0.3 is 0 Å². The van der Waals surface area contributed by atoms with Gasteiger partial charge in [0.15, 0.2) is 17.5 Å². The lowest BCUT2D eigenvalue weighted by Gasteiger charge is -2.07. The Morgan fingerprint density at radius 3 is 2.19 bits per heavy atom. The van der Waals surface area contributed by atoms with E-state index in [9.17, 15) is 18.0 Å². The van der Waals surface area contributed by atoms with Crippen LogP contribution < -0.4 is 11.1 Å². The maximum absolute atomic E-state index is 13.4. The second-order valence-corrected chi connectivity index (χ2v) is 4.43. The second-order valence-electron chi connectivity index (χ2n) is 4.43. The van der Waals surface area contributed by atoms with Crippen LogP contribution in [0.3, 0.4) is 0 Å². The fourth-order valence-electron chi connectivity index (χ4n) is 1.77. The highest BCUT2D eigenvalue weighted by Crippen LogP contribution is 2.15. The second kappa shape index (κ2) is 6.41. The molecule has 2 rings (SSSR count). The Hall–Kier alpha value is -2.34. The molecule has 110 valence electrons. The highest BCUT2D eigenvalue weighted by atomic mass is 19.2. The van der Waals surface area contributed by atoms with E-state index in [0.717, 1.165) is 17.2 Å². The van der Waals surface area contributed by atoms with E-state index in [0.29, 0.717) is 12.6 Å². The molecule has 0 aliphatic heterocycles. The van der Waals surface area contributed by atoms with Crippen LogP contribution in [0.1, 0.15) is 21.5 Å². The van der Waals surface area contributed by atoms with Crippen molar-refractivity contribution in [2.45, 2.75) is 13.1 Å². The first kappa shape index (κ1) is 15.1. The summed E-state index contributed by atoms with van der Waals surface area (Å²) in [6.45, 7) is 0.550. The number of hydrogen-bond acceptors (Lipinski definition) is 2. The molecule has 21 heavy (non-hydrogen) atoms. The molecule has 0 spiro atoms. The molecule has 1 amide bonds. The van der Waals surface area contributed by atoms with Crippen LogP contribution in [0.15, 0.2) is 36.4 Å². The van der Waals surface area contributed by atoms with Gasteiger partial charge in [0, 0.05) is 13.1 Å². The van der Waals surface area contributed by atoms with Crippen LogP contribution >= 0.6 is 0 Å². The smallest absolute Gasteiger partial charge is 0.254 e. The quantitative estimate of drug-likeness (QED) is 0.851. The molecule has 0 fully saturated rings. The SMILES string of the molecule is NCc1ccc(CNC(=O)c2ccc(F)c(F)c2F)cc1. The first-order chi connectivity index (χ1) is 10.0. The maximum Gasteiger partial charge on any atom is 0.254 e. The predicted molar refractivity (Wildman–Crippen MR) is 71.8 cm³/mol. The normalized spacial score (nSPS) is 10.5. The van der Waals surface area contributed by atoms with Crippen molar-refractivity contribution >= 4 is 5.91 Å². The molecule has 3 nitrogen and oxygen atoms in total. The molecule has 0 aromatic heterocycles. The van der Waals surface area contributed by atoms with Crippen LogP contribution in [-0.4, -0.2) is 5.91 Å². The van der Waals surface area contributed by atoms with E-state index in [-0.39, 0.29) is 6.54 Å². The van der Waals surface area contributed by atoms with Crippen LogP contribution in [-0.2, 0) is 13.1 Å². The molecule has 0 radical (unpaired) electrons. The molecule has 6 heteroatoms. The minimum Gasteiger partial charge on any atom is -0.348 e. The van der Waals surface area contributed by atoms with Gasteiger partial charge in [0.05, 0.1) is 5.56 Å². The van der Waals surface area contributed by atoms with Gasteiger partial charge in [-0.05, 0) is 23.3 Å². The molecule has 2 aromatic rings. The largest absolute Gasteiger partial charge is 0.348 e. The number of carbonyl (C=O) groups excluding carboxylic acids is 1. The topological polar surface area (TPSA) is 55.1 Å². The fraction of sp³-hybridized carbons (Fsp3) is 0.133. The molecule has 0 atom stereocenters. The van der Waals surface area contributed by atoms with E-state index < -0.39 is 28.9 Å². The summed E-state index contributed by atoms with van der Waals surface area (Å²) in [6.07, 6.45) is 0. The van der Waals surface area contributed by atoms with Gasteiger partial charge in [-0.25, -0.2) is 13.2 Å². The summed E-state index contributed by atoms with van der Waals surface area (Å²) in [7, 11) is 0. The van der Waals surface area contributed by atoms with E-state index in [1.54, 1.807) is 24.3 Å². The number of amides is 1. The third kappa shape index (κ3) is 3.41. The van der Waals surface area contributed by atoms with Crippen LogP contribution in [0.5, 0.6) is 0 Å². The van der Waals surface area contributed by atoms with Crippen LogP contribution in [0.2, 0.25) is 0 Å². The lowest BCUT2D eigenvalue weighted by molar-refractivity contribution is 0.0945. The molecule has 0 bridgehead atoms. The van der Waals surface area contributed by atoms with Crippen molar-refractivity contribution in [3.05, 3.63) is 70.5 Å². The van der Waals surface area contributed by atoms with E-state index in [2.05, 4.69) is 5.32 Å². The molecular weight excluding hydrogens is 281 g/mol. The van der Waals surface area contributed by atoms with Crippen LogP contribution in [0, 0.1) is 17.5 Å². The molecule has 0 unspecified atom stereocenters. The Balaban J connectivity index is 2.06. The van der Waals surface area contributed by atoms with Gasteiger partial charge in [0.1, 0.15) is 0 Å². The van der Waals surface area contributed by atoms with E-state index in [4.69, 9.17) is 5.73 Å². The lowest BCUT2D eigenvalue weighted by Crippen LogP contribution is -2.24. The van der Waals surface area contributed by atoms with Gasteiger partial charge in [-0.1, -0.05) is 24.3 Å². The zero-order chi connectivity index (χ0) is 15.4. The summed E-state index contributed by atoms with van der Waals surface area (Å²) in [6, 6.07) is 8.76. The number of carbonyl (C=O) groups is 1. The Morgan fingerprint density at radius 1 is 0.952 bits per heavy atom. The van der Waals surface area contributed by atoms with Crippen LogP contribution in [0.4, 0.5) is 13.2 Å². The Morgan fingerprint density at radius 2 is 1.57 bits per heavy atom. The van der Waals surface area contributed by atoms with E-state index in [1.165, 1.54) is 0 Å². The summed E-state index contributed by atoms with van der Waals surface area (Å²) in [4.78, 5) is 11.8. The standard InChI is InChI=1S/C15H13F3N2O/c16-12-6-5-11(13(17)14(12)18)15(21)20-8-10-3-1-9(7-19)2-4-10/h1-6H,7-8,19H2,(H,20,21). The number of benzene rings is 2. The third-order valence-electron chi connectivity index (χ3n) is 2.99. The number of nitrogens with two attached hydrogens (primary N) is 1. The first-order valence-corrected chi connectivity index (χ1v) is 6.22. The van der Waals surface area contributed by atoms with Crippen molar-refractivity contribution in [2.75, 3.05) is 0 Å². The molecule has 0 heterocycles. The van der Waals surface area contributed by atoms with Crippen molar-refractivity contribution in [2.24, 2.45) is 5.73 Å². The first-order valence-electron chi connectivity index (χ1n) is 6.22.